The fourth-order valence-electron chi connectivity index (χ4n) is 2.33. The van der Waals surface area contributed by atoms with E-state index in [0.717, 1.165) is 16.9 Å². The quantitative estimate of drug-likeness (QED) is 0.250. The fourth-order valence-corrected chi connectivity index (χ4v) is 2.86. The number of aliphatic hydroxyl groups excluding tert-OH is 1. The predicted octanol–water partition coefficient (Wildman–Crippen LogP) is 3.59. The van der Waals surface area contributed by atoms with Crippen LogP contribution in [-0.2, 0) is 26.0 Å². The van der Waals surface area contributed by atoms with E-state index in [-0.39, 0.29) is 5.97 Å². The second-order valence-corrected chi connectivity index (χ2v) is 5.79. The van der Waals surface area contributed by atoms with Crippen molar-refractivity contribution in [1.82, 2.24) is 0 Å². The number of esters is 1. The zero-order valence-electron chi connectivity index (χ0n) is 14.4. The number of carbonyl (C=O) groups is 1. The molecule has 0 aliphatic heterocycles. The summed E-state index contributed by atoms with van der Waals surface area (Å²) in [6, 6.07) is 5.89. The van der Waals surface area contributed by atoms with E-state index in [9.17, 15) is 9.90 Å². The van der Waals surface area contributed by atoms with Crippen molar-refractivity contribution in [3.63, 3.8) is 0 Å². The van der Waals surface area contributed by atoms with Crippen LogP contribution < -0.4 is 4.74 Å². The average Bonchev–Trinajstić information content (AvgIpc) is 2.57. The standard InChI is InChI=1S/C18H27BrO5/c1-3-22-17(20)9-6-12-24-16-8-5-7-14(13-19)15(16)10-11-18(21)23-4-2/h5,7-8,18,21H,3-4,6,9-13H2,1-2H3. The van der Waals surface area contributed by atoms with Gasteiger partial charge in [-0.2, -0.15) is 0 Å². The molecule has 1 aromatic rings. The van der Waals surface area contributed by atoms with Gasteiger partial charge in [-0.1, -0.05) is 28.1 Å². The molecule has 5 nitrogen and oxygen atoms in total. The van der Waals surface area contributed by atoms with Gasteiger partial charge >= 0.3 is 5.97 Å². The van der Waals surface area contributed by atoms with Gasteiger partial charge in [0.1, 0.15) is 5.75 Å². The number of aliphatic hydroxyl groups is 1. The summed E-state index contributed by atoms with van der Waals surface area (Å²) >= 11 is 3.49. The second-order valence-electron chi connectivity index (χ2n) is 5.23. The lowest BCUT2D eigenvalue weighted by atomic mass is 10.0. The summed E-state index contributed by atoms with van der Waals surface area (Å²) in [5, 5.41) is 10.5. The van der Waals surface area contributed by atoms with Crippen LogP contribution in [0.4, 0.5) is 0 Å². The highest BCUT2D eigenvalue weighted by atomic mass is 79.9. The number of carbonyl (C=O) groups excluding carboxylic acids is 1. The van der Waals surface area contributed by atoms with E-state index >= 15 is 0 Å². The smallest absolute Gasteiger partial charge is 0.305 e. The third-order valence-corrected chi connectivity index (χ3v) is 4.07. The van der Waals surface area contributed by atoms with E-state index < -0.39 is 6.29 Å². The summed E-state index contributed by atoms with van der Waals surface area (Å²) in [5.41, 5.74) is 2.19. The molecule has 0 spiro atoms. The highest BCUT2D eigenvalue weighted by Crippen LogP contribution is 2.26. The first-order valence-corrected chi connectivity index (χ1v) is 9.49. The van der Waals surface area contributed by atoms with Crippen LogP contribution in [0.5, 0.6) is 5.75 Å². The number of hydrogen-bond donors (Lipinski definition) is 1. The van der Waals surface area contributed by atoms with Crippen molar-refractivity contribution in [3.8, 4) is 5.75 Å². The SMILES string of the molecule is CCOC(=O)CCCOc1cccc(CBr)c1CCC(O)OCC. The molecule has 0 saturated heterocycles. The van der Waals surface area contributed by atoms with Crippen LogP contribution >= 0.6 is 15.9 Å². The Morgan fingerprint density at radius 1 is 1.29 bits per heavy atom. The Morgan fingerprint density at radius 3 is 2.75 bits per heavy atom. The molecule has 0 heterocycles. The Bertz CT molecular complexity index is 492. The molecule has 1 N–H and O–H groups in total. The van der Waals surface area contributed by atoms with Gasteiger partial charge in [-0.3, -0.25) is 4.79 Å². The maximum absolute atomic E-state index is 11.3. The molecule has 0 amide bonds. The number of benzene rings is 1. The third kappa shape index (κ3) is 7.64. The monoisotopic (exact) mass is 402 g/mol. The fraction of sp³-hybridized carbons (Fsp3) is 0.611. The number of ether oxygens (including phenoxy) is 3. The Hall–Kier alpha value is -1.11. The average molecular weight is 403 g/mol. The molecule has 1 rings (SSSR count). The molecule has 0 fully saturated rings. The first-order chi connectivity index (χ1) is 11.6. The molecule has 6 heteroatoms. The van der Waals surface area contributed by atoms with Crippen molar-refractivity contribution in [2.75, 3.05) is 19.8 Å². The summed E-state index contributed by atoms with van der Waals surface area (Å²) < 4.78 is 15.9. The Labute approximate surface area is 152 Å². The predicted molar refractivity (Wildman–Crippen MR) is 96.4 cm³/mol. The Kier molecular flexibility index (Phi) is 10.7. The van der Waals surface area contributed by atoms with Gasteiger partial charge in [-0.15, -0.1) is 0 Å². The van der Waals surface area contributed by atoms with Crippen molar-refractivity contribution >= 4 is 21.9 Å². The molecule has 1 unspecified atom stereocenters. The molecule has 0 aliphatic rings. The topological polar surface area (TPSA) is 65.0 Å². The molecule has 1 atom stereocenters. The summed E-state index contributed by atoms with van der Waals surface area (Å²) in [4.78, 5) is 11.3. The van der Waals surface area contributed by atoms with Crippen LogP contribution in [0.1, 0.15) is 44.2 Å². The van der Waals surface area contributed by atoms with Crippen molar-refractivity contribution in [1.29, 1.82) is 0 Å². The number of halogens is 1. The van der Waals surface area contributed by atoms with E-state index in [1.165, 1.54) is 0 Å². The van der Waals surface area contributed by atoms with Crippen LogP contribution in [0, 0.1) is 0 Å². The van der Waals surface area contributed by atoms with Gasteiger partial charge in [0, 0.05) is 24.8 Å². The molecule has 24 heavy (non-hydrogen) atoms. The van der Waals surface area contributed by atoms with E-state index in [4.69, 9.17) is 14.2 Å². The van der Waals surface area contributed by atoms with Crippen molar-refractivity contribution in [2.45, 2.75) is 51.2 Å². The van der Waals surface area contributed by atoms with Crippen LogP contribution in [-0.4, -0.2) is 37.2 Å². The molecular weight excluding hydrogens is 376 g/mol. The maximum Gasteiger partial charge on any atom is 0.305 e. The van der Waals surface area contributed by atoms with E-state index in [0.29, 0.717) is 50.8 Å². The summed E-state index contributed by atoms with van der Waals surface area (Å²) in [6.07, 6.45) is 1.37. The highest BCUT2D eigenvalue weighted by Gasteiger charge is 2.12. The molecule has 0 aromatic heterocycles. The molecular formula is C18H27BrO5. The van der Waals surface area contributed by atoms with Crippen LogP contribution in [0.3, 0.4) is 0 Å². The number of rotatable bonds is 12. The van der Waals surface area contributed by atoms with Crippen molar-refractivity contribution < 1.29 is 24.1 Å². The maximum atomic E-state index is 11.3. The number of alkyl halides is 1. The van der Waals surface area contributed by atoms with Gasteiger partial charge in [0.2, 0.25) is 0 Å². The Balaban J connectivity index is 2.60. The van der Waals surface area contributed by atoms with Gasteiger partial charge in [-0.05, 0) is 43.9 Å². The summed E-state index contributed by atoms with van der Waals surface area (Å²) in [6.45, 7) is 4.99. The van der Waals surface area contributed by atoms with Gasteiger partial charge in [0.15, 0.2) is 6.29 Å². The first-order valence-electron chi connectivity index (χ1n) is 8.37. The third-order valence-electron chi connectivity index (χ3n) is 3.46. The van der Waals surface area contributed by atoms with E-state index in [1.54, 1.807) is 6.92 Å². The van der Waals surface area contributed by atoms with Gasteiger partial charge in [0.25, 0.3) is 0 Å². The Morgan fingerprint density at radius 2 is 2.08 bits per heavy atom. The lowest BCUT2D eigenvalue weighted by Gasteiger charge is -2.16. The lowest BCUT2D eigenvalue weighted by molar-refractivity contribution is -0.143. The van der Waals surface area contributed by atoms with Crippen LogP contribution in [0.15, 0.2) is 18.2 Å². The molecule has 0 saturated carbocycles. The van der Waals surface area contributed by atoms with E-state index in [2.05, 4.69) is 15.9 Å². The largest absolute Gasteiger partial charge is 0.493 e. The summed E-state index contributed by atoms with van der Waals surface area (Å²) in [5.74, 6) is 0.592. The molecule has 136 valence electrons. The zero-order valence-corrected chi connectivity index (χ0v) is 16.0. The van der Waals surface area contributed by atoms with Crippen LogP contribution in [0.25, 0.3) is 0 Å². The molecule has 1 aromatic carbocycles. The van der Waals surface area contributed by atoms with Gasteiger partial charge in [0.05, 0.1) is 13.2 Å². The van der Waals surface area contributed by atoms with Crippen LogP contribution in [0.2, 0.25) is 0 Å². The minimum Gasteiger partial charge on any atom is -0.493 e. The highest BCUT2D eigenvalue weighted by molar-refractivity contribution is 9.08. The van der Waals surface area contributed by atoms with Crippen molar-refractivity contribution in [2.24, 2.45) is 0 Å². The molecule has 0 bridgehead atoms. The molecule has 0 aliphatic carbocycles. The number of hydrogen-bond acceptors (Lipinski definition) is 5. The second kappa shape index (κ2) is 12.3. The minimum atomic E-state index is -0.768. The van der Waals surface area contributed by atoms with E-state index in [1.807, 2.05) is 25.1 Å². The zero-order chi connectivity index (χ0) is 17.8. The normalized spacial score (nSPS) is 12.0. The minimum absolute atomic E-state index is 0.199. The first kappa shape index (κ1) is 20.9. The lowest BCUT2D eigenvalue weighted by Crippen LogP contribution is -2.14. The van der Waals surface area contributed by atoms with Crippen molar-refractivity contribution in [3.05, 3.63) is 29.3 Å². The van der Waals surface area contributed by atoms with Gasteiger partial charge < -0.3 is 19.3 Å². The summed E-state index contributed by atoms with van der Waals surface area (Å²) in [7, 11) is 0. The molecule has 0 radical (unpaired) electrons. The van der Waals surface area contributed by atoms with Gasteiger partial charge in [-0.25, -0.2) is 0 Å².